The van der Waals surface area contributed by atoms with Crippen LogP contribution in [0.1, 0.15) is 57.3 Å². The summed E-state index contributed by atoms with van der Waals surface area (Å²) in [6.07, 6.45) is -9.50. The average molecular weight is 614 g/mol. The van der Waals surface area contributed by atoms with E-state index < -0.39 is 53.2 Å². The zero-order valence-corrected chi connectivity index (χ0v) is 22.6. The second kappa shape index (κ2) is 12.5. The second-order valence-electron chi connectivity index (χ2n) is 10.1. The summed E-state index contributed by atoms with van der Waals surface area (Å²) in [6.45, 7) is 1.42. The summed E-state index contributed by atoms with van der Waals surface area (Å²) < 4.78 is 98.3. The van der Waals surface area contributed by atoms with Crippen molar-refractivity contribution >= 4 is 24.1 Å². The number of aldehydes is 1. The van der Waals surface area contributed by atoms with E-state index in [9.17, 15) is 45.1 Å². The minimum Gasteiger partial charge on any atom is -0.438 e. The fourth-order valence-electron chi connectivity index (χ4n) is 5.04. The highest BCUT2D eigenvalue weighted by molar-refractivity contribution is 5.92. The van der Waals surface area contributed by atoms with Crippen LogP contribution in [-0.4, -0.2) is 36.2 Å². The Kier molecular flexibility index (Phi) is 9.16. The maximum absolute atomic E-state index is 13.8. The van der Waals surface area contributed by atoms with E-state index in [0.29, 0.717) is 29.5 Å². The van der Waals surface area contributed by atoms with E-state index in [4.69, 9.17) is 4.42 Å². The Morgan fingerprint density at radius 1 is 1.00 bits per heavy atom. The van der Waals surface area contributed by atoms with Gasteiger partial charge in [-0.3, -0.25) is 14.9 Å². The number of amides is 3. The van der Waals surface area contributed by atoms with Gasteiger partial charge < -0.3 is 14.6 Å². The number of piperidine rings is 1. The molecule has 1 saturated heterocycles. The molecule has 1 fully saturated rings. The minimum atomic E-state index is -5.00. The molecule has 2 N–H and O–H groups in total. The molecule has 43 heavy (non-hydrogen) atoms. The third-order valence-corrected chi connectivity index (χ3v) is 7.15. The van der Waals surface area contributed by atoms with Gasteiger partial charge in [0.25, 0.3) is 0 Å². The van der Waals surface area contributed by atoms with Gasteiger partial charge in [0, 0.05) is 25.1 Å². The first-order chi connectivity index (χ1) is 20.2. The molecule has 3 amide bonds. The van der Waals surface area contributed by atoms with Gasteiger partial charge in [0.05, 0.1) is 17.2 Å². The first-order valence-electron chi connectivity index (χ1n) is 13.1. The van der Waals surface area contributed by atoms with Crippen LogP contribution in [0.4, 0.5) is 41.4 Å². The molecule has 0 aliphatic carbocycles. The normalized spacial score (nSPS) is 17.4. The van der Waals surface area contributed by atoms with Gasteiger partial charge in [-0.2, -0.15) is 26.3 Å². The van der Waals surface area contributed by atoms with Gasteiger partial charge in [0.2, 0.25) is 5.91 Å². The maximum atomic E-state index is 13.8. The molecule has 4 rings (SSSR count). The Morgan fingerprint density at radius 3 is 2.26 bits per heavy atom. The molecule has 2 aromatic carbocycles. The van der Waals surface area contributed by atoms with Crippen molar-refractivity contribution in [2.75, 3.05) is 18.4 Å². The lowest BCUT2D eigenvalue weighted by atomic mass is 9.85. The van der Waals surface area contributed by atoms with Crippen LogP contribution in [0.3, 0.4) is 0 Å². The average Bonchev–Trinajstić information content (AvgIpc) is 3.39. The number of furan rings is 1. The molecule has 3 aromatic rings. The van der Waals surface area contributed by atoms with Crippen LogP contribution in [0, 0.1) is 18.7 Å². The number of urea groups is 1. The fraction of sp³-hybridized carbons (Fsp3) is 0.345. The number of rotatable bonds is 7. The van der Waals surface area contributed by atoms with Gasteiger partial charge >= 0.3 is 18.4 Å². The number of carbonyl (C=O) groups excluding carboxylic acids is 3. The van der Waals surface area contributed by atoms with Crippen LogP contribution < -0.4 is 10.6 Å². The highest BCUT2D eigenvalue weighted by Gasteiger charge is 2.38. The largest absolute Gasteiger partial charge is 0.438 e. The Hall–Kier alpha value is -4.36. The number of halogens is 7. The molecule has 14 heteroatoms. The lowest BCUT2D eigenvalue weighted by Gasteiger charge is -2.39. The van der Waals surface area contributed by atoms with Crippen molar-refractivity contribution in [3.8, 4) is 0 Å². The molecule has 2 atom stereocenters. The zero-order chi connectivity index (χ0) is 31.5. The topological polar surface area (TPSA) is 91.7 Å². The molecule has 0 unspecified atom stereocenters. The van der Waals surface area contributed by atoms with E-state index in [2.05, 4.69) is 10.6 Å². The lowest BCUT2D eigenvalue weighted by Crippen LogP contribution is -2.48. The molecule has 2 heterocycles. The molecule has 0 spiro atoms. The number of alkyl halides is 6. The van der Waals surface area contributed by atoms with Crippen molar-refractivity contribution in [1.29, 1.82) is 0 Å². The van der Waals surface area contributed by atoms with E-state index in [1.807, 2.05) is 0 Å². The SMILES string of the molecule is Cc1cc(F)ccc1[C@H]1C[C@H](C(=O)Nc2ccc(C=O)o2)CCN1C(=O)NCCc1cc(C(F)(F)F)cc(C(F)(F)F)c1. The predicted molar refractivity (Wildman–Crippen MR) is 140 cm³/mol. The van der Waals surface area contributed by atoms with Gasteiger partial charge in [-0.15, -0.1) is 0 Å². The number of hydrogen-bond acceptors (Lipinski definition) is 4. The number of aryl methyl sites for hydroxylation is 1. The second-order valence-corrected chi connectivity index (χ2v) is 10.1. The number of carbonyl (C=O) groups is 3. The summed E-state index contributed by atoms with van der Waals surface area (Å²) in [5.74, 6) is -1.48. The highest BCUT2D eigenvalue weighted by Crippen LogP contribution is 2.38. The highest BCUT2D eigenvalue weighted by atomic mass is 19.4. The quantitative estimate of drug-likeness (QED) is 0.224. The summed E-state index contributed by atoms with van der Waals surface area (Å²) in [5.41, 5.74) is -2.10. The van der Waals surface area contributed by atoms with Crippen molar-refractivity contribution in [1.82, 2.24) is 10.2 Å². The van der Waals surface area contributed by atoms with Crippen molar-refractivity contribution in [3.63, 3.8) is 0 Å². The Labute approximate surface area is 241 Å². The summed E-state index contributed by atoms with van der Waals surface area (Å²) in [6, 6.07) is 6.63. The van der Waals surface area contributed by atoms with Crippen molar-refractivity contribution in [2.45, 2.75) is 44.6 Å². The molecule has 230 valence electrons. The van der Waals surface area contributed by atoms with Gasteiger partial charge in [0.15, 0.2) is 17.9 Å². The minimum absolute atomic E-state index is 0.0152. The molecule has 7 nitrogen and oxygen atoms in total. The Morgan fingerprint density at radius 2 is 1.67 bits per heavy atom. The molecule has 0 bridgehead atoms. The van der Waals surface area contributed by atoms with Crippen LogP contribution in [0.25, 0.3) is 0 Å². The van der Waals surface area contributed by atoms with Crippen LogP contribution in [-0.2, 0) is 23.6 Å². The number of nitrogens with zero attached hydrogens (tertiary/aromatic N) is 1. The predicted octanol–water partition coefficient (Wildman–Crippen LogP) is 6.92. The van der Waals surface area contributed by atoms with Crippen molar-refractivity contribution < 1.29 is 49.5 Å². The van der Waals surface area contributed by atoms with Gasteiger partial charge in [0.1, 0.15) is 5.82 Å². The molecular weight excluding hydrogens is 587 g/mol. The molecule has 1 aliphatic heterocycles. The molecular formula is C29H26F7N3O4. The monoisotopic (exact) mass is 613 g/mol. The third kappa shape index (κ3) is 7.73. The molecule has 1 aliphatic rings. The van der Waals surface area contributed by atoms with Crippen LogP contribution in [0.15, 0.2) is 52.9 Å². The first-order valence-corrected chi connectivity index (χ1v) is 13.1. The molecule has 0 radical (unpaired) electrons. The van der Waals surface area contributed by atoms with Crippen LogP contribution >= 0.6 is 0 Å². The van der Waals surface area contributed by atoms with Gasteiger partial charge in [-0.05, 0) is 79.3 Å². The van der Waals surface area contributed by atoms with E-state index in [1.165, 1.54) is 35.2 Å². The summed E-state index contributed by atoms with van der Waals surface area (Å²) in [5, 5.41) is 5.13. The Balaban J connectivity index is 1.49. The first kappa shape index (κ1) is 31.6. The summed E-state index contributed by atoms with van der Waals surface area (Å²) in [7, 11) is 0. The van der Waals surface area contributed by atoms with Crippen LogP contribution in [0.5, 0.6) is 0 Å². The van der Waals surface area contributed by atoms with Gasteiger partial charge in [-0.1, -0.05) is 6.07 Å². The van der Waals surface area contributed by atoms with E-state index in [-0.39, 0.29) is 55.6 Å². The van der Waals surface area contributed by atoms with Crippen molar-refractivity contribution in [2.24, 2.45) is 5.92 Å². The molecule has 0 saturated carbocycles. The third-order valence-electron chi connectivity index (χ3n) is 7.15. The van der Waals surface area contributed by atoms with Crippen LogP contribution in [0.2, 0.25) is 0 Å². The summed E-state index contributed by atoms with van der Waals surface area (Å²) in [4.78, 5) is 38.5. The number of nitrogens with one attached hydrogen (secondary N) is 2. The number of hydrogen-bond donors (Lipinski definition) is 2. The van der Waals surface area contributed by atoms with Gasteiger partial charge in [-0.25, -0.2) is 9.18 Å². The smallest absolute Gasteiger partial charge is 0.416 e. The number of anilines is 1. The standard InChI is InChI=1S/C29H26F7N3O4/c1-16-10-21(30)2-4-23(16)24-13-18(26(41)38-25-5-3-22(15-40)43-25)7-9-39(24)27(42)37-8-6-17-11-19(28(31,32)33)14-20(12-17)29(34,35)36/h2-5,10-12,14-15,18,24H,6-9,13H2,1H3,(H,37,42)(H,38,41)/t18-,24-/m1/s1. The number of likely N-dealkylation sites (tertiary alicyclic amines) is 1. The van der Waals surface area contributed by atoms with E-state index in [1.54, 1.807) is 6.92 Å². The fourth-order valence-corrected chi connectivity index (χ4v) is 5.04. The lowest BCUT2D eigenvalue weighted by molar-refractivity contribution is -0.143. The van der Waals surface area contributed by atoms with E-state index >= 15 is 0 Å². The molecule has 1 aromatic heterocycles. The maximum Gasteiger partial charge on any atom is 0.416 e. The zero-order valence-electron chi connectivity index (χ0n) is 22.6. The van der Waals surface area contributed by atoms with E-state index in [0.717, 1.165) is 0 Å². The van der Waals surface area contributed by atoms with Crippen molar-refractivity contribution in [3.05, 3.63) is 87.9 Å². The number of benzene rings is 2. The Bertz CT molecular complexity index is 1470. The summed E-state index contributed by atoms with van der Waals surface area (Å²) >= 11 is 0.